The maximum absolute atomic E-state index is 13.8. The van der Waals surface area contributed by atoms with Gasteiger partial charge in [0, 0.05) is 24.5 Å². The van der Waals surface area contributed by atoms with Gasteiger partial charge in [-0.3, -0.25) is 9.69 Å². The summed E-state index contributed by atoms with van der Waals surface area (Å²) in [5.41, 5.74) is 0.263. The average Bonchev–Trinajstić information content (AvgIpc) is 3.36. The summed E-state index contributed by atoms with van der Waals surface area (Å²) < 4.78 is 42.1. The Kier molecular flexibility index (Phi) is 5.14. The number of aromatic nitrogens is 2. The molecule has 1 fully saturated rings. The first kappa shape index (κ1) is 20.5. The third-order valence-electron chi connectivity index (χ3n) is 4.85. The van der Waals surface area contributed by atoms with Gasteiger partial charge in [-0.2, -0.15) is 18.3 Å². The molecule has 31 heavy (non-hydrogen) atoms. The van der Waals surface area contributed by atoms with Crippen molar-refractivity contribution in [2.45, 2.75) is 13.1 Å². The van der Waals surface area contributed by atoms with E-state index in [0.717, 1.165) is 11.8 Å². The molecule has 2 heterocycles. The van der Waals surface area contributed by atoms with Crippen molar-refractivity contribution in [3.05, 3.63) is 71.5 Å². The molecule has 3 amide bonds. The number of aryl methyl sites for hydroxylation is 1. The highest BCUT2D eigenvalue weighted by atomic mass is 19.4. The number of carbonyl (C=O) groups excluding carboxylic acids is 2. The maximum Gasteiger partial charge on any atom is 0.434 e. The standard InChI is InChI=1S/C21H18F3N5O2/c1-13-2-6-16(7-3-13)29-18(21(22,23)24)17(12-26-29)19(30)27-14-4-8-15(9-5-14)28-11-10-25-20(28)31/h2-9,12H,10-11H2,1H3,(H,25,31)(H,27,30). The number of urea groups is 1. The number of alkyl halides is 3. The molecule has 3 aromatic rings. The van der Waals surface area contributed by atoms with Crippen molar-refractivity contribution in [3.8, 4) is 5.69 Å². The highest BCUT2D eigenvalue weighted by molar-refractivity contribution is 6.05. The molecule has 0 bridgehead atoms. The first-order valence-corrected chi connectivity index (χ1v) is 9.43. The maximum atomic E-state index is 13.8. The number of rotatable bonds is 4. The zero-order valence-electron chi connectivity index (χ0n) is 16.4. The summed E-state index contributed by atoms with van der Waals surface area (Å²) in [6.07, 6.45) is -3.89. The van der Waals surface area contributed by atoms with E-state index in [2.05, 4.69) is 15.7 Å². The second kappa shape index (κ2) is 7.78. The molecule has 0 unspecified atom stereocenters. The molecule has 2 aromatic carbocycles. The van der Waals surface area contributed by atoms with Gasteiger partial charge < -0.3 is 10.6 Å². The molecule has 0 aliphatic carbocycles. The van der Waals surface area contributed by atoms with Crippen LogP contribution in [-0.4, -0.2) is 34.8 Å². The SMILES string of the molecule is Cc1ccc(-n2ncc(C(=O)Nc3ccc(N4CCNC4=O)cc3)c2C(F)(F)F)cc1. The van der Waals surface area contributed by atoms with Gasteiger partial charge in [0.05, 0.1) is 17.4 Å². The molecule has 1 saturated heterocycles. The van der Waals surface area contributed by atoms with Gasteiger partial charge in [0.15, 0.2) is 5.69 Å². The Hall–Kier alpha value is -3.82. The molecule has 1 aliphatic heterocycles. The summed E-state index contributed by atoms with van der Waals surface area (Å²) in [6, 6.07) is 12.4. The molecular weight excluding hydrogens is 411 g/mol. The minimum atomic E-state index is -4.79. The van der Waals surface area contributed by atoms with Gasteiger partial charge >= 0.3 is 12.2 Å². The van der Waals surface area contributed by atoms with Crippen LogP contribution in [0.4, 0.5) is 29.3 Å². The molecule has 10 heteroatoms. The van der Waals surface area contributed by atoms with Crippen LogP contribution in [0.5, 0.6) is 0 Å². The fraction of sp³-hybridized carbons (Fsp3) is 0.190. The van der Waals surface area contributed by atoms with Gasteiger partial charge in [-0.1, -0.05) is 17.7 Å². The fourth-order valence-corrected chi connectivity index (χ4v) is 3.31. The number of halogens is 3. The molecule has 1 aliphatic rings. The van der Waals surface area contributed by atoms with Gasteiger partial charge in [0.1, 0.15) is 0 Å². The molecule has 2 N–H and O–H groups in total. The number of nitrogens with zero attached hydrogens (tertiary/aromatic N) is 3. The molecule has 0 radical (unpaired) electrons. The Morgan fingerprint density at radius 2 is 1.71 bits per heavy atom. The van der Waals surface area contributed by atoms with E-state index in [4.69, 9.17) is 0 Å². The minimum Gasteiger partial charge on any atom is -0.336 e. The minimum absolute atomic E-state index is 0.199. The lowest BCUT2D eigenvalue weighted by Crippen LogP contribution is -2.27. The van der Waals surface area contributed by atoms with Crippen molar-refractivity contribution in [1.82, 2.24) is 15.1 Å². The summed E-state index contributed by atoms with van der Waals surface area (Å²) in [5.74, 6) is -0.933. The van der Waals surface area contributed by atoms with Crippen LogP contribution in [0.3, 0.4) is 0 Å². The van der Waals surface area contributed by atoms with Gasteiger partial charge in [-0.25, -0.2) is 9.48 Å². The lowest BCUT2D eigenvalue weighted by Gasteiger charge is -2.15. The molecular formula is C21H18F3N5O2. The van der Waals surface area contributed by atoms with Crippen molar-refractivity contribution in [1.29, 1.82) is 0 Å². The van der Waals surface area contributed by atoms with Crippen LogP contribution in [-0.2, 0) is 6.18 Å². The second-order valence-corrected chi connectivity index (χ2v) is 7.04. The number of benzene rings is 2. The van der Waals surface area contributed by atoms with Crippen molar-refractivity contribution < 1.29 is 22.8 Å². The lowest BCUT2D eigenvalue weighted by atomic mass is 10.2. The van der Waals surface area contributed by atoms with Gasteiger partial charge in [-0.05, 0) is 43.3 Å². The molecule has 4 rings (SSSR count). The average molecular weight is 429 g/mol. The van der Waals surface area contributed by atoms with Crippen LogP contribution >= 0.6 is 0 Å². The first-order chi connectivity index (χ1) is 14.7. The van der Waals surface area contributed by atoms with Crippen molar-refractivity contribution in [2.24, 2.45) is 0 Å². The van der Waals surface area contributed by atoms with Crippen LogP contribution in [0.1, 0.15) is 21.6 Å². The summed E-state index contributed by atoms with van der Waals surface area (Å²) in [6.45, 7) is 2.86. The normalized spacial score (nSPS) is 13.9. The lowest BCUT2D eigenvalue weighted by molar-refractivity contribution is -0.143. The van der Waals surface area contributed by atoms with Crippen molar-refractivity contribution >= 4 is 23.3 Å². The largest absolute Gasteiger partial charge is 0.434 e. The number of nitrogens with one attached hydrogen (secondary N) is 2. The van der Waals surface area contributed by atoms with Crippen LogP contribution in [0.15, 0.2) is 54.7 Å². The monoisotopic (exact) mass is 429 g/mol. The molecule has 0 atom stereocenters. The Labute approximate surface area is 175 Å². The number of hydrogen-bond donors (Lipinski definition) is 2. The summed E-state index contributed by atoms with van der Waals surface area (Å²) >= 11 is 0. The predicted molar refractivity (Wildman–Crippen MR) is 108 cm³/mol. The van der Waals surface area contributed by atoms with Gasteiger partial charge in [0.25, 0.3) is 5.91 Å². The Balaban J connectivity index is 1.60. The van der Waals surface area contributed by atoms with E-state index >= 15 is 0 Å². The van der Waals surface area contributed by atoms with Gasteiger partial charge in [0.2, 0.25) is 0 Å². The topological polar surface area (TPSA) is 79.3 Å². The second-order valence-electron chi connectivity index (χ2n) is 7.04. The number of anilines is 2. The summed E-state index contributed by atoms with van der Waals surface area (Å²) in [7, 11) is 0. The molecule has 160 valence electrons. The fourth-order valence-electron chi connectivity index (χ4n) is 3.31. The van der Waals surface area contributed by atoms with E-state index in [1.54, 1.807) is 24.3 Å². The van der Waals surface area contributed by atoms with Crippen LogP contribution in [0, 0.1) is 6.92 Å². The summed E-state index contributed by atoms with van der Waals surface area (Å²) in [4.78, 5) is 25.9. The van der Waals surface area contributed by atoms with Crippen LogP contribution in [0.25, 0.3) is 5.69 Å². The van der Waals surface area contributed by atoms with E-state index in [-0.39, 0.29) is 11.7 Å². The quantitative estimate of drug-likeness (QED) is 0.659. The van der Waals surface area contributed by atoms with Crippen LogP contribution < -0.4 is 15.5 Å². The Morgan fingerprint density at radius 1 is 1.06 bits per heavy atom. The third kappa shape index (κ3) is 4.09. The number of amides is 3. The van der Waals surface area contributed by atoms with E-state index in [9.17, 15) is 22.8 Å². The van der Waals surface area contributed by atoms with E-state index in [1.807, 2.05) is 6.92 Å². The molecule has 0 spiro atoms. The van der Waals surface area contributed by atoms with Crippen molar-refractivity contribution in [3.63, 3.8) is 0 Å². The zero-order chi connectivity index (χ0) is 22.2. The highest BCUT2D eigenvalue weighted by Gasteiger charge is 2.40. The Bertz CT molecular complexity index is 1120. The van der Waals surface area contributed by atoms with E-state index in [1.165, 1.54) is 29.2 Å². The molecule has 1 aromatic heterocycles. The number of hydrogen-bond acceptors (Lipinski definition) is 3. The van der Waals surface area contributed by atoms with E-state index in [0.29, 0.717) is 29.1 Å². The highest BCUT2D eigenvalue weighted by Crippen LogP contribution is 2.34. The first-order valence-electron chi connectivity index (χ1n) is 9.43. The number of carbonyl (C=O) groups is 2. The van der Waals surface area contributed by atoms with Gasteiger partial charge in [-0.15, -0.1) is 0 Å². The zero-order valence-corrected chi connectivity index (χ0v) is 16.4. The third-order valence-corrected chi connectivity index (χ3v) is 4.85. The summed E-state index contributed by atoms with van der Waals surface area (Å²) in [5, 5.41) is 8.94. The van der Waals surface area contributed by atoms with Crippen LogP contribution in [0.2, 0.25) is 0 Å². The molecule has 0 saturated carbocycles. The smallest absolute Gasteiger partial charge is 0.336 e. The van der Waals surface area contributed by atoms with Crippen molar-refractivity contribution in [2.75, 3.05) is 23.3 Å². The predicted octanol–water partition coefficient (Wildman–Crippen LogP) is 3.98. The van der Waals surface area contributed by atoms with E-state index < -0.39 is 23.3 Å². The Morgan fingerprint density at radius 3 is 2.29 bits per heavy atom. The molecule has 7 nitrogen and oxygen atoms in total.